The number of nitriles is 3. The number of hydrogen-bond donors (Lipinski definition) is 1. The van der Waals surface area contributed by atoms with E-state index in [1.165, 1.54) is 12.1 Å². The van der Waals surface area contributed by atoms with Crippen LogP contribution in [0.15, 0.2) is 53.7 Å². The number of fused-ring (bicyclic) bond motifs is 2. The zero-order valence-electron chi connectivity index (χ0n) is 12.7. The van der Waals surface area contributed by atoms with Gasteiger partial charge in [0.2, 0.25) is 0 Å². The number of nitrogens with zero attached hydrogens (tertiary/aromatic N) is 3. The van der Waals surface area contributed by atoms with Crippen LogP contribution in [-0.2, 0) is 0 Å². The third-order valence-electron chi connectivity index (χ3n) is 3.80. The lowest BCUT2D eigenvalue weighted by Crippen LogP contribution is -2.22. The fourth-order valence-corrected chi connectivity index (χ4v) is 2.67. The molecule has 0 amide bonds. The summed E-state index contributed by atoms with van der Waals surface area (Å²) in [4.78, 5) is 25.5. The second-order valence-electron chi connectivity index (χ2n) is 5.14. The van der Waals surface area contributed by atoms with Crippen LogP contribution in [-0.4, -0.2) is 11.6 Å². The van der Waals surface area contributed by atoms with E-state index in [1.54, 1.807) is 48.5 Å². The average molecular weight is 324 g/mol. The van der Waals surface area contributed by atoms with E-state index in [4.69, 9.17) is 10.5 Å². The van der Waals surface area contributed by atoms with Gasteiger partial charge in [0.25, 0.3) is 0 Å². The quantitative estimate of drug-likeness (QED) is 0.724. The van der Waals surface area contributed by atoms with Gasteiger partial charge in [0.05, 0.1) is 11.3 Å². The minimum Gasteiger partial charge on any atom is -0.345 e. The Bertz CT molecular complexity index is 1080. The maximum atomic E-state index is 12.8. The number of carbonyl (C=O) groups excluding carboxylic acids is 2. The summed E-state index contributed by atoms with van der Waals surface area (Å²) in [6, 6.07) is 16.1. The summed E-state index contributed by atoms with van der Waals surface area (Å²) in [7, 11) is 0. The molecule has 1 N–H and O–H groups in total. The van der Waals surface area contributed by atoms with Crippen molar-refractivity contribution in [3.63, 3.8) is 0 Å². The fourth-order valence-electron chi connectivity index (χ4n) is 2.67. The molecule has 0 spiro atoms. The molecule has 0 bridgehead atoms. The van der Waals surface area contributed by atoms with Crippen molar-refractivity contribution in [2.24, 2.45) is 0 Å². The number of hydrogen-bond acceptors (Lipinski definition) is 6. The van der Waals surface area contributed by atoms with Crippen LogP contribution in [0.25, 0.3) is 0 Å². The van der Waals surface area contributed by atoms with Crippen molar-refractivity contribution in [2.75, 3.05) is 5.32 Å². The van der Waals surface area contributed by atoms with Gasteiger partial charge < -0.3 is 5.32 Å². The number of anilines is 1. The number of nitrogens with one attached hydrogen (secondary N) is 1. The lowest BCUT2D eigenvalue weighted by atomic mass is 9.83. The van der Waals surface area contributed by atoms with E-state index in [2.05, 4.69) is 5.32 Å². The second-order valence-corrected chi connectivity index (χ2v) is 5.14. The summed E-state index contributed by atoms with van der Waals surface area (Å²) in [6.07, 6.45) is 0. The van der Waals surface area contributed by atoms with E-state index < -0.39 is 5.57 Å². The van der Waals surface area contributed by atoms with Crippen LogP contribution in [0.3, 0.4) is 0 Å². The first-order valence-corrected chi connectivity index (χ1v) is 7.15. The molecular formula is C19H8N4O2. The van der Waals surface area contributed by atoms with E-state index in [1.807, 2.05) is 0 Å². The van der Waals surface area contributed by atoms with Gasteiger partial charge >= 0.3 is 0 Å². The summed E-state index contributed by atoms with van der Waals surface area (Å²) < 4.78 is 0. The second kappa shape index (κ2) is 6.12. The Balaban J connectivity index is 2.19. The Labute approximate surface area is 142 Å². The van der Waals surface area contributed by atoms with Gasteiger partial charge in [-0.05, 0) is 6.07 Å². The molecule has 0 aliphatic heterocycles. The van der Waals surface area contributed by atoms with Crippen molar-refractivity contribution in [2.45, 2.75) is 0 Å². The minimum atomic E-state index is -0.407. The van der Waals surface area contributed by atoms with Crippen LogP contribution in [0, 0.1) is 34.0 Å². The number of carbonyl (C=O) groups is 2. The third-order valence-corrected chi connectivity index (χ3v) is 3.80. The highest BCUT2D eigenvalue weighted by Gasteiger charge is 2.31. The van der Waals surface area contributed by atoms with Crippen molar-refractivity contribution < 1.29 is 9.59 Å². The molecule has 2 aromatic rings. The van der Waals surface area contributed by atoms with E-state index in [0.717, 1.165) is 0 Å². The molecular weight excluding hydrogens is 316 g/mol. The molecule has 25 heavy (non-hydrogen) atoms. The Morgan fingerprint density at radius 2 is 1.36 bits per heavy atom. The predicted molar refractivity (Wildman–Crippen MR) is 87.2 cm³/mol. The van der Waals surface area contributed by atoms with Crippen molar-refractivity contribution in [1.82, 2.24) is 0 Å². The average Bonchev–Trinajstić information content (AvgIpc) is 2.66. The van der Waals surface area contributed by atoms with Crippen molar-refractivity contribution >= 4 is 17.3 Å². The van der Waals surface area contributed by atoms with Gasteiger partial charge in [-0.3, -0.25) is 9.59 Å². The van der Waals surface area contributed by atoms with Crippen LogP contribution in [0.2, 0.25) is 0 Å². The SMILES string of the molecule is N#CC(C#N)=C(C#N)Nc1cccc2c1C(=O)c1ccccc1C2=O. The monoisotopic (exact) mass is 324 g/mol. The van der Waals surface area contributed by atoms with Crippen LogP contribution < -0.4 is 5.32 Å². The van der Waals surface area contributed by atoms with Crippen LogP contribution >= 0.6 is 0 Å². The predicted octanol–water partition coefficient (Wildman–Crippen LogP) is 2.70. The summed E-state index contributed by atoms with van der Waals surface area (Å²) in [5, 5.41) is 29.7. The van der Waals surface area contributed by atoms with Crippen LogP contribution in [0.5, 0.6) is 0 Å². The third kappa shape index (κ3) is 2.43. The van der Waals surface area contributed by atoms with Crippen molar-refractivity contribution in [3.8, 4) is 18.2 Å². The minimum absolute atomic E-state index is 0.120. The molecule has 2 aromatic carbocycles. The molecule has 0 heterocycles. The zero-order valence-corrected chi connectivity index (χ0v) is 12.7. The summed E-state index contributed by atoms with van der Waals surface area (Å²) >= 11 is 0. The highest BCUT2D eigenvalue weighted by molar-refractivity contribution is 6.30. The number of ketones is 2. The zero-order chi connectivity index (χ0) is 18.0. The number of allylic oxidation sites excluding steroid dienone is 2. The molecule has 1 aliphatic carbocycles. The molecule has 0 fully saturated rings. The molecule has 0 unspecified atom stereocenters. The lowest BCUT2D eigenvalue weighted by Gasteiger charge is -2.20. The Kier molecular flexibility index (Phi) is 3.84. The molecule has 116 valence electrons. The molecule has 0 saturated heterocycles. The summed E-state index contributed by atoms with van der Waals surface area (Å²) in [6.45, 7) is 0. The Hall–Kier alpha value is -4.21. The first kappa shape index (κ1) is 15.7. The topological polar surface area (TPSA) is 118 Å². The van der Waals surface area contributed by atoms with E-state index >= 15 is 0 Å². The van der Waals surface area contributed by atoms with Gasteiger partial charge in [0.15, 0.2) is 17.1 Å². The van der Waals surface area contributed by atoms with Gasteiger partial charge in [-0.15, -0.1) is 0 Å². The molecule has 0 aromatic heterocycles. The van der Waals surface area contributed by atoms with Gasteiger partial charge in [0, 0.05) is 16.7 Å². The largest absolute Gasteiger partial charge is 0.345 e. The Morgan fingerprint density at radius 3 is 1.96 bits per heavy atom. The molecule has 1 aliphatic rings. The lowest BCUT2D eigenvalue weighted by molar-refractivity contribution is 0.0979. The highest BCUT2D eigenvalue weighted by Crippen LogP contribution is 2.32. The summed E-state index contributed by atoms with van der Waals surface area (Å²) in [5.41, 5.74) is 0.439. The molecule has 0 atom stereocenters. The van der Waals surface area contributed by atoms with Crippen molar-refractivity contribution in [1.29, 1.82) is 15.8 Å². The van der Waals surface area contributed by atoms with E-state index in [0.29, 0.717) is 5.56 Å². The van der Waals surface area contributed by atoms with Gasteiger partial charge in [-0.1, -0.05) is 36.4 Å². The number of benzene rings is 2. The molecule has 0 radical (unpaired) electrons. The summed E-state index contributed by atoms with van der Waals surface area (Å²) in [5.74, 6) is -0.654. The van der Waals surface area contributed by atoms with Crippen LogP contribution in [0.4, 0.5) is 5.69 Å². The molecule has 6 heteroatoms. The maximum Gasteiger partial charge on any atom is 0.196 e. The molecule has 0 saturated carbocycles. The smallest absolute Gasteiger partial charge is 0.196 e. The highest BCUT2D eigenvalue weighted by atomic mass is 16.1. The van der Waals surface area contributed by atoms with Crippen molar-refractivity contribution in [3.05, 3.63) is 76.0 Å². The molecule has 3 rings (SSSR count). The van der Waals surface area contributed by atoms with Gasteiger partial charge in [-0.2, -0.15) is 15.8 Å². The fraction of sp³-hybridized carbons (Fsp3) is 0. The molecule has 6 nitrogen and oxygen atoms in total. The van der Waals surface area contributed by atoms with E-state index in [9.17, 15) is 14.9 Å². The maximum absolute atomic E-state index is 12.8. The van der Waals surface area contributed by atoms with Gasteiger partial charge in [-0.25, -0.2) is 0 Å². The first-order valence-electron chi connectivity index (χ1n) is 7.15. The van der Waals surface area contributed by atoms with Crippen LogP contribution in [0.1, 0.15) is 31.8 Å². The van der Waals surface area contributed by atoms with Gasteiger partial charge in [0.1, 0.15) is 23.9 Å². The Morgan fingerprint density at radius 1 is 0.760 bits per heavy atom. The number of rotatable bonds is 2. The standard InChI is InChI=1S/C19H8N4O2/c20-8-11(9-21)16(10-22)23-15-7-3-6-14-17(15)19(25)13-5-2-1-4-12(13)18(14)24/h1-7,23H. The van der Waals surface area contributed by atoms with E-state index in [-0.39, 0.29) is 39.6 Å². The first-order chi connectivity index (χ1) is 12.1. The normalized spacial score (nSPS) is 11.2.